The summed E-state index contributed by atoms with van der Waals surface area (Å²) in [6.45, 7) is 0. The molecule has 0 unspecified atom stereocenters. The topological polar surface area (TPSA) is 17.1 Å². The van der Waals surface area contributed by atoms with Crippen LogP contribution in [-0.2, 0) is 11.2 Å². The minimum Gasteiger partial charge on any atom is -0.303 e. The Morgan fingerprint density at radius 1 is 1.47 bits per heavy atom. The zero-order chi connectivity index (χ0) is 10.9. The Bertz CT molecular complexity index is 385. The summed E-state index contributed by atoms with van der Waals surface area (Å²) < 4.78 is 12.8. The highest BCUT2D eigenvalue weighted by Gasteiger charge is 2.37. The van der Waals surface area contributed by atoms with Crippen LogP contribution in [0, 0.1) is 11.2 Å². The summed E-state index contributed by atoms with van der Waals surface area (Å²) in [5.74, 6) is -0.336. The van der Waals surface area contributed by atoms with Crippen LogP contribution < -0.4 is 0 Å². The second-order valence-electron chi connectivity index (χ2n) is 4.25. The first-order valence-electron chi connectivity index (χ1n) is 5.05. The fourth-order valence-corrected chi connectivity index (χ4v) is 2.25. The maximum Gasteiger partial charge on any atom is 0.126 e. The van der Waals surface area contributed by atoms with Crippen molar-refractivity contribution in [2.24, 2.45) is 5.41 Å². The predicted molar refractivity (Wildman–Crippen MR) is 57.5 cm³/mol. The van der Waals surface area contributed by atoms with E-state index in [4.69, 9.17) is 11.6 Å². The van der Waals surface area contributed by atoms with E-state index in [2.05, 4.69) is 0 Å². The minimum absolute atomic E-state index is 0.235. The Hall–Kier alpha value is -0.890. The van der Waals surface area contributed by atoms with Gasteiger partial charge in [0.05, 0.1) is 0 Å². The lowest BCUT2D eigenvalue weighted by Crippen LogP contribution is -2.33. The molecule has 0 saturated heterocycles. The summed E-state index contributed by atoms with van der Waals surface area (Å²) in [5.41, 5.74) is 0.631. The van der Waals surface area contributed by atoms with Crippen LogP contribution in [0.5, 0.6) is 0 Å². The summed E-state index contributed by atoms with van der Waals surface area (Å²) in [5, 5.41) is 0.420. The molecule has 0 atom stereocenters. The van der Waals surface area contributed by atoms with Gasteiger partial charge >= 0.3 is 0 Å². The molecule has 0 spiro atoms. The van der Waals surface area contributed by atoms with Gasteiger partial charge in [0.15, 0.2) is 0 Å². The second kappa shape index (κ2) is 3.93. The van der Waals surface area contributed by atoms with Crippen molar-refractivity contribution in [1.29, 1.82) is 0 Å². The van der Waals surface area contributed by atoms with Crippen LogP contribution in [0.25, 0.3) is 0 Å². The highest BCUT2D eigenvalue weighted by atomic mass is 35.5. The van der Waals surface area contributed by atoms with E-state index in [0.717, 1.165) is 31.1 Å². The van der Waals surface area contributed by atoms with Gasteiger partial charge in [0, 0.05) is 10.4 Å². The van der Waals surface area contributed by atoms with Gasteiger partial charge in [-0.3, -0.25) is 0 Å². The third-order valence-corrected chi connectivity index (χ3v) is 3.51. The van der Waals surface area contributed by atoms with Crippen LogP contribution in [0.4, 0.5) is 4.39 Å². The highest BCUT2D eigenvalue weighted by molar-refractivity contribution is 6.31. The number of rotatable bonds is 3. The van der Waals surface area contributed by atoms with Crippen molar-refractivity contribution >= 4 is 17.9 Å². The zero-order valence-corrected chi connectivity index (χ0v) is 9.06. The van der Waals surface area contributed by atoms with Gasteiger partial charge in [-0.1, -0.05) is 24.1 Å². The molecule has 3 heteroatoms. The monoisotopic (exact) mass is 226 g/mol. The molecule has 1 aromatic carbocycles. The SMILES string of the molecule is O=CC1(Cc2ccc(F)cc2Cl)CCC1. The van der Waals surface area contributed by atoms with Crippen molar-refractivity contribution in [1.82, 2.24) is 0 Å². The van der Waals surface area contributed by atoms with Crippen LogP contribution in [0.3, 0.4) is 0 Å². The van der Waals surface area contributed by atoms with Crippen LogP contribution in [0.15, 0.2) is 18.2 Å². The third kappa shape index (κ3) is 2.05. The third-order valence-electron chi connectivity index (χ3n) is 3.16. The standard InChI is InChI=1S/C12H12ClFO/c13-11-6-10(14)3-2-9(11)7-12(8-15)4-1-5-12/h2-3,6,8H,1,4-5,7H2. The summed E-state index contributed by atoms with van der Waals surface area (Å²) >= 11 is 5.92. The molecule has 0 radical (unpaired) electrons. The zero-order valence-electron chi connectivity index (χ0n) is 8.30. The Morgan fingerprint density at radius 3 is 2.67 bits per heavy atom. The van der Waals surface area contributed by atoms with Crippen molar-refractivity contribution in [3.05, 3.63) is 34.6 Å². The summed E-state index contributed by atoms with van der Waals surface area (Å²) in [6, 6.07) is 4.35. The van der Waals surface area contributed by atoms with Gasteiger partial charge in [-0.05, 0) is 37.0 Å². The molecular formula is C12H12ClFO. The summed E-state index contributed by atoms with van der Waals surface area (Å²) in [6.07, 6.45) is 4.60. The van der Waals surface area contributed by atoms with E-state index in [1.807, 2.05) is 0 Å². The van der Waals surface area contributed by atoms with Gasteiger partial charge in [-0.25, -0.2) is 4.39 Å². The fraction of sp³-hybridized carbons (Fsp3) is 0.417. The van der Waals surface area contributed by atoms with Crippen molar-refractivity contribution in [3.63, 3.8) is 0 Å². The molecule has 80 valence electrons. The number of hydrogen-bond donors (Lipinski definition) is 0. The summed E-state index contributed by atoms with van der Waals surface area (Å²) in [4.78, 5) is 11.0. The molecule has 0 aliphatic heterocycles. The molecule has 1 aromatic rings. The van der Waals surface area contributed by atoms with Crippen molar-refractivity contribution in [2.45, 2.75) is 25.7 Å². The predicted octanol–water partition coefficient (Wildman–Crippen LogP) is 3.39. The molecule has 0 N–H and O–H groups in total. The molecule has 0 bridgehead atoms. The van der Waals surface area contributed by atoms with Gasteiger partial charge in [-0.15, -0.1) is 0 Å². The van der Waals surface area contributed by atoms with Crippen molar-refractivity contribution in [3.8, 4) is 0 Å². The Balaban J connectivity index is 2.20. The van der Waals surface area contributed by atoms with E-state index >= 15 is 0 Å². The fourth-order valence-electron chi connectivity index (χ4n) is 2.01. The molecule has 1 aliphatic carbocycles. The second-order valence-corrected chi connectivity index (χ2v) is 4.65. The number of aldehydes is 1. The minimum atomic E-state index is -0.336. The maximum atomic E-state index is 12.8. The molecule has 1 fully saturated rings. The smallest absolute Gasteiger partial charge is 0.126 e. The lowest BCUT2D eigenvalue weighted by Gasteiger charge is -2.36. The first kappa shape index (κ1) is 10.6. The Kier molecular flexibility index (Phi) is 2.79. The summed E-state index contributed by atoms with van der Waals surface area (Å²) in [7, 11) is 0. The Labute approximate surface area is 93.2 Å². The van der Waals surface area contributed by atoms with E-state index in [0.29, 0.717) is 11.4 Å². The van der Waals surface area contributed by atoms with Gasteiger partial charge in [-0.2, -0.15) is 0 Å². The molecule has 1 saturated carbocycles. The van der Waals surface area contributed by atoms with E-state index in [1.165, 1.54) is 12.1 Å². The van der Waals surface area contributed by atoms with Gasteiger partial charge in [0.1, 0.15) is 12.1 Å². The molecule has 1 nitrogen and oxygen atoms in total. The van der Waals surface area contributed by atoms with Crippen LogP contribution in [0.2, 0.25) is 5.02 Å². The van der Waals surface area contributed by atoms with Crippen molar-refractivity contribution in [2.75, 3.05) is 0 Å². The molecule has 1 aliphatic rings. The van der Waals surface area contributed by atoms with E-state index in [9.17, 15) is 9.18 Å². The van der Waals surface area contributed by atoms with Gasteiger partial charge in [0.2, 0.25) is 0 Å². The van der Waals surface area contributed by atoms with Gasteiger partial charge < -0.3 is 4.79 Å². The lowest BCUT2D eigenvalue weighted by atomic mass is 9.66. The average Bonchev–Trinajstić information content (AvgIpc) is 2.14. The van der Waals surface area contributed by atoms with Crippen molar-refractivity contribution < 1.29 is 9.18 Å². The normalized spacial score (nSPS) is 18.3. The number of halogens is 2. The average molecular weight is 227 g/mol. The molecule has 15 heavy (non-hydrogen) atoms. The maximum absolute atomic E-state index is 12.8. The van der Waals surface area contributed by atoms with Crippen LogP contribution >= 0.6 is 11.6 Å². The Morgan fingerprint density at radius 2 is 2.20 bits per heavy atom. The quantitative estimate of drug-likeness (QED) is 0.722. The molecule has 0 heterocycles. The molecule has 0 amide bonds. The number of benzene rings is 1. The number of hydrogen-bond acceptors (Lipinski definition) is 1. The molecular weight excluding hydrogens is 215 g/mol. The van der Waals surface area contributed by atoms with E-state index < -0.39 is 0 Å². The van der Waals surface area contributed by atoms with Crippen LogP contribution in [-0.4, -0.2) is 6.29 Å². The van der Waals surface area contributed by atoms with Gasteiger partial charge in [0.25, 0.3) is 0 Å². The molecule has 2 rings (SSSR count). The first-order valence-corrected chi connectivity index (χ1v) is 5.43. The lowest BCUT2D eigenvalue weighted by molar-refractivity contribution is -0.120. The van der Waals surface area contributed by atoms with E-state index in [1.54, 1.807) is 6.07 Å². The molecule has 0 aromatic heterocycles. The van der Waals surface area contributed by atoms with E-state index in [-0.39, 0.29) is 11.2 Å². The number of carbonyl (C=O) groups excluding carboxylic acids is 1. The number of carbonyl (C=O) groups is 1. The highest BCUT2D eigenvalue weighted by Crippen LogP contribution is 2.42. The van der Waals surface area contributed by atoms with Crippen LogP contribution in [0.1, 0.15) is 24.8 Å². The first-order chi connectivity index (χ1) is 7.15. The largest absolute Gasteiger partial charge is 0.303 e.